The molecule has 2 fully saturated rings. The molecule has 2 aliphatic rings. The zero-order chi connectivity index (χ0) is 21.5. The van der Waals surface area contributed by atoms with Gasteiger partial charge in [-0.2, -0.15) is 0 Å². The van der Waals surface area contributed by atoms with Crippen molar-refractivity contribution in [1.29, 1.82) is 0 Å². The van der Waals surface area contributed by atoms with E-state index in [1.165, 1.54) is 0 Å². The average molecular weight is 422 g/mol. The highest BCUT2D eigenvalue weighted by Crippen LogP contribution is 2.42. The summed E-state index contributed by atoms with van der Waals surface area (Å²) in [7, 11) is 0. The van der Waals surface area contributed by atoms with Crippen molar-refractivity contribution in [3.05, 3.63) is 78.5 Å². The van der Waals surface area contributed by atoms with E-state index in [1.807, 2.05) is 54.7 Å². The van der Waals surface area contributed by atoms with Crippen LogP contribution >= 0.6 is 0 Å². The van der Waals surface area contributed by atoms with Crippen molar-refractivity contribution in [2.45, 2.75) is 37.6 Å². The third kappa shape index (κ3) is 3.66. The molecule has 0 unspecified atom stereocenters. The zero-order valence-corrected chi connectivity index (χ0v) is 17.5. The molecular weight excluding hydrogens is 400 g/mol. The lowest BCUT2D eigenvalue weighted by molar-refractivity contribution is 0.102. The first-order chi connectivity index (χ1) is 15.8. The third-order valence-corrected chi connectivity index (χ3v) is 5.95. The van der Waals surface area contributed by atoms with E-state index in [-0.39, 0.29) is 5.91 Å². The smallest absolute Gasteiger partial charge is 0.274 e. The first-order valence-corrected chi connectivity index (χ1v) is 11.0. The summed E-state index contributed by atoms with van der Waals surface area (Å²) in [5.74, 6) is 1.09. The molecule has 7 heteroatoms. The van der Waals surface area contributed by atoms with Crippen LogP contribution in [-0.4, -0.2) is 30.6 Å². The molecule has 0 spiro atoms. The maximum Gasteiger partial charge on any atom is 0.274 e. The second-order valence-electron chi connectivity index (χ2n) is 8.45. The summed E-state index contributed by atoms with van der Waals surface area (Å²) < 4.78 is 2.11. The van der Waals surface area contributed by atoms with Crippen molar-refractivity contribution in [2.75, 3.05) is 5.32 Å². The number of nitrogens with zero attached hydrogens (tertiary/aromatic N) is 5. The molecule has 1 amide bonds. The van der Waals surface area contributed by atoms with Crippen LogP contribution in [0.4, 0.5) is 5.69 Å². The normalized spacial score (nSPS) is 15.5. The van der Waals surface area contributed by atoms with Crippen LogP contribution in [0.25, 0.3) is 22.6 Å². The van der Waals surface area contributed by atoms with E-state index < -0.39 is 0 Å². The Balaban J connectivity index is 1.25. The minimum Gasteiger partial charge on any atom is -0.321 e. The Morgan fingerprint density at radius 3 is 2.72 bits per heavy atom. The Labute approximate surface area is 185 Å². The fraction of sp³-hybridized carbons (Fsp3) is 0.240. The van der Waals surface area contributed by atoms with Gasteiger partial charge in [-0.05, 0) is 62.1 Å². The summed E-state index contributed by atoms with van der Waals surface area (Å²) in [6, 6.07) is 17.7. The fourth-order valence-electron chi connectivity index (χ4n) is 4.03. The van der Waals surface area contributed by atoms with Crippen molar-refractivity contribution in [1.82, 2.24) is 24.7 Å². The standard InChI is InChI=1S/C25H22N6O/c32-25(22-8-2-7-21(29-22)20-6-3-13-26-23(20)16-9-10-16)28-18-5-1-4-17(14-18)24-30-27-15-31(24)19-11-12-19/h1-8,13-16,19H,9-12H2,(H,28,32). The van der Waals surface area contributed by atoms with Gasteiger partial charge in [0.25, 0.3) is 5.91 Å². The van der Waals surface area contributed by atoms with Crippen molar-refractivity contribution in [3.8, 4) is 22.6 Å². The third-order valence-electron chi connectivity index (χ3n) is 5.95. The number of carbonyl (C=O) groups excluding carboxylic acids is 1. The molecule has 0 saturated heterocycles. The summed E-state index contributed by atoms with van der Waals surface area (Å²) in [4.78, 5) is 22.2. The number of hydrogen-bond acceptors (Lipinski definition) is 5. The van der Waals surface area contributed by atoms with E-state index in [4.69, 9.17) is 0 Å². The van der Waals surface area contributed by atoms with Gasteiger partial charge in [-0.25, -0.2) is 4.98 Å². The van der Waals surface area contributed by atoms with Crippen molar-refractivity contribution >= 4 is 11.6 Å². The highest BCUT2D eigenvalue weighted by molar-refractivity contribution is 6.03. The first-order valence-electron chi connectivity index (χ1n) is 11.0. The quantitative estimate of drug-likeness (QED) is 0.479. The molecular formula is C25H22N6O. The number of hydrogen-bond donors (Lipinski definition) is 1. The number of rotatable bonds is 6. The van der Waals surface area contributed by atoms with E-state index in [0.717, 1.165) is 54.0 Å². The minimum atomic E-state index is -0.246. The van der Waals surface area contributed by atoms with Gasteiger partial charge in [0.05, 0.1) is 11.4 Å². The van der Waals surface area contributed by atoms with Crippen molar-refractivity contribution in [3.63, 3.8) is 0 Å². The van der Waals surface area contributed by atoms with E-state index >= 15 is 0 Å². The maximum atomic E-state index is 13.0. The minimum absolute atomic E-state index is 0.246. The molecule has 0 bridgehead atoms. The molecule has 158 valence electrons. The Morgan fingerprint density at radius 2 is 1.88 bits per heavy atom. The number of amides is 1. The molecule has 3 aromatic heterocycles. The second kappa shape index (κ2) is 7.67. The SMILES string of the molecule is O=C(Nc1cccc(-c2nncn2C2CC2)c1)c1cccc(-c2cccnc2C2CC2)n1. The highest BCUT2D eigenvalue weighted by atomic mass is 16.1. The maximum absolute atomic E-state index is 13.0. The van der Waals surface area contributed by atoms with Gasteiger partial charge in [-0.3, -0.25) is 9.78 Å². The number of anilines is 1. The number of nitrogens with one attached hydrogen (secondary N) is 1. The molecule has 2 saturated carbocycles. The number of carbonyl (C=O) groups is 1. The topological polar surface area (TPSA) is 85.6 Å². The molecule has 4 aromatic rings. The van der Waals surface area contributed by atoms with E-state index in [1.54, 1.807) is 12.4 Å². The second-order valence-corrected chi connectivity index (χ2v) is 8.45. The average Bonchev–Trinajstić information content (AvgIpc) is 3.78. The van der Waals surface area contributed by atoms with Gasteiger partial charge in [0.15, 0.2) is 5.82 Å². The molecule has 1 aromatic carbocycles. The largest absolute Gasteiger partial charge is 0.321 e. The summed E-state index contributed by atoms with van der Waals surface area (Å²) in [5, 5.41) is 11.3. The van der Waals surface area contributed by atoms with Crippen molar-refractivity contribution in [2.24, 2.45) is 0 Å². The van der Waals surface area contributed by atoms with Gasteiger partial charge in [-0.1, -0.05) is 18.2 Å². The Hall–Kier alpha value is -3.87. The van der Waals surface area contributed by atoms with E-state index in [2.05, 4.69) is 30.0 Å². The predicted molar refractivity (Wildman–Crippen MR) is 121 cm³/mol. The lowest BCUT2D eigenvalue weighted by Gasteiger charge is -2.10. The van der Waals surface area contributed by atoms with Crippen LogP contribution in [0.5, 0.6) is 0 Å². The molecule has 0 radical (unpaired) electrons. The number of pyridine rings is 2. The predicted octanol–water partition coefficient (Wildman–Crippen LogP) is 4.87. The van der Waals surface area contributed by atoms with Crippen LogP contribution in [-0.2, 0) is 0 Å². The van der Waals surface area contributed by atoms with Crippen LogP contribution in [0, 0.1) is 0 Å². The molecule has 0 aliphatic heterocycles. The summed E-state index contributed by atoms with van der Waals surface area (Å²) in [6.45, 7) is 0. The lowest BCUT2D eigenvalue weighted by atomic mass is 10.1. The highest BCUT2D eigenvalue weighted by Gasteiger charge is 2.28. The van der Waals surface area contributed by atoms with Gasteiger partial charge in [0, 0.05) is 35.0 Å². The Kier molecular flexibility index (Phi) is 4.52. The monoisotopic (exact) mass is 422 g/mol. The van der Waals surface area contributed by atoms with Gasteiger partial charge in [0.1, 0.15) is 12.0 Å². The van der Waals surface area contributed by atoms with Gasteiger partial charge >= 0.3 is 0 Å². The first kappa shape index (κ1) is 18.9. The molecule has 32 heavy (non-hydrogen) atoms. The number of benzene rings is 1. The Bertz CT molecular complexity index is 1310. The molecule has 0 atom stereocenters. The van der Waals surface area contributed by atoms with Crippen molar-refractivity contribution < 1.29 is 4.79 Å². The van der Waals surface area contributed by atoms with Gasteiger partial charge in [0.2, 0.25) is 0 Å². The van der Waals surface area contributed by atoms with Crippen LogP contribution in [0.2, 0.25) is 0 Å². The lowest BCUT2D eigenvalue weighted by Crippen LogP contribution is -2.14. The van der Waals surface area contributed by atoms with Crippen LogP contribution in [0.3, 0.4) is 0 Å². The molecule has 1 N–H and O–H groups in total. The summed E-state index contributed by atoms with van der Waals surface area (Å²) >= 11 is 0. The molecule has 2 aliphatic carbocycles. The van der Waals surface area contributed by atoms with Crippen LogP contribution in [0.15, 0.2) is 67.1 Å². The molecule has 7 nitrogen and oxygen atoms in total. The summed E-state index contributed by atoms with van der Waals surface area (Å²) in [5.41, 5.74) is 4.86. The van der Waals surface area contributed by atoms with E-state index in [9.17, 15) is 4.79 Å². The fourth-order valence-corrected chi connectivity index (χ4v) is 4.03. The zero-order valence-electron chi connectivity index (χ0n) is 17.5. The van der Waals surface area contributed by atoms with Gasteiger partial charge in [-0.15, -0.1) is 10.2 Å². The van der Waals surface area contributed by atoms with E-state index in [0.29, 0.717) is 23.3 Å². The molecule has 6 rings (SSSR count). The molecule has 3 heterocycles. The number of aromatic nitrogens is 5. The van der Waals surface area contributed by atoms with Crippen LogP contribution < -0.4 is 5.32 Å². The van der Waals surface area contributed by atoms with Gasteiger partial charge < -0.3 is 9.88 Å². The Morgan fingerprint density at radius 1 is 1.00 bits per heavy atom. The van der Waals surface area contributed by atoms with Crippen LogP contribution in [0.1, 0.15) is 53.8 Å². The summed E-state index contributed by atoms with van der Waals surface area (Å²) in [6.07, 6.45) is 8.24.